The van der Waals surface area contributed by atoms with Crippen molar-refractivity contribution in [2.75, 3.05) is 19.8 Å². The number of amides is 1. The summed E-state index contributed by atoms with van der Waals surface area (Å²) >= 11 is 7.33. The number of furan rings is 1. The van der Waals surface area contributed by atoms with Crippen LogP contribution in [0.15, 0.2) is 50.8 Å². The Bertz CT molecular complexity index is 656. The predicted octanol–water partition coefficient (Wildman–Crippen LogP) is 3.95. The van der Waals surface area contributed by atoms with E-state index < -0.39 is 0 Å². The van der Waals surface area contributed by atoms with E-state index in [-0.39, 0.29) is 11.9 Å². The fraction of sp³-hybridized carbons (Fsp3) is 0.312. The van der Waals surface area contributed by atoms with E-state index in [0.717, 1.165) is 4.90 Å². The Morgan fingerprint density at radius 3 is 2.77 bits per heavy atom. The lowest BCUT2D eigenvalue weighted by molar-refractivity contribution is 0.00173. The van der Waals surface area contributed by atoms with Crippen LogP contribution in [0.4, 0.5) is 0 Å². The number of nitrogens with zero attached hydrogens (tertiary/aromatic N) is 1. The van der Waals surface area contributed by atoms with Crippen molar-refractivity contribution < 1.29 is 13.9 Å². The minimum absolute atomic E-state index is 0.0683. The SMILES string of the molecule is C[C@H]1COCCN1C(=O)c1ccc(Sc2ccc(Cl)cc2)o1. The number of hydrogen-bond donors (Lipinski definition) is 0. The van der Waals surface area contributed by atoms with Gasteiger partial charge >= 0.3 is 0 Å². The molecule has 1 aliphatic rings. The van der Waals surface area contributed by atoms with Crippen LogP contribution in [0.1, 0.15) is 17.5 Å². The van der Waals surface area contributed by atoms with Crippen LogP contribution >= 0.6 is 23.4 Å². The first kappa shape index (κ1) is 15.5. The third kappa shape index (κ3) is 3.48. The van der Waals surface area contributed by atoms with Gasteiger partial charge in [0, 0.05) is 16.5 Å². The molecule has 4 nitrogen and oxygen atoms in total. The first-order valence-corrected chi connectivity index (χ1v) is 8.25. The van der Waals surface area contributed by atoms with Crippen molar-refractivity contribution in [1.82, 2.24) is 4.90 Å². The quantitative estimate of drug-likeness (QED) is 0.850. The van der Waals surface area contributed by atoms with Gasteiger partial charge in [-0.25, -0.2) is 0 Å². The molecule has 0 bridgehead atoms. The fourth-order valence-corrected chi connectivity index (χ4v) is 3.18. The molecule has 0 N–H and O–H groups in total. The van der Waals surface area contributed by atoms with Gasteiger partial charge in [-0.2, -0.15) is 0 Å². The molecule has 1 aromatic carbocycles. The molecule has 2 aromatic rings. The van der Waals surface area contributed by atoms with Crippen molar-refractivity contribution in [1.29, 1.82) is 0 Å². The number of hydrogen-bond acceptors (Lipinski definition) is 4. The summed E-state index contributed by atoms with van der Waals surface area (Å²) in [7, 11) is 0. The maximum atomic E-state index is 12.5. The van der Waals surface area contributed by atoms with Crippen LogP contribution in [-0.2, 0) is 4.74 Å². The van der Waals surface area contributed by atoms with Crippen LogP contribution in [-0.4, -0.2) is 36.6 Å². The van der Waals surface area contributed by atoms with E-state index in [1.165, 1.54) is 11.8 Å². The van der Waals surface area contributed by atoms with Gasteiger partial charge in [0.1, 0.15) is 0 Å². The number of halogens is 1. The number of rotatable bonds is 3. The van der Waals surface area contributed by atoms with Crippen LogP contribution in [0.25, 0.3) is 0 Å². The number of carbonyl (C=O) groups is 1. The van der Waals surface area contributed by atoms with Gasteiger partial charge in [-0.05, 0) is 43.3 Å². The fourth-order valence-electron chi connectivity index (χ4n) is 2.28. The highest BCUT2D eigenvalue weighted by Crippen LogP contribution is 2.30. The summed E-state index contributed by atoms with van der Waals surface area (Å²) in [4.78, 5) is 15.3. The van der Waals surface area contributed by atoms with Crippen LogP contribution in [0.5, 0.6) is 0 Å². The van der Waals surface area contributed by atoms with Gasteiger partial charge in [-0.15, -0.1) is 0 Å². The first-order chi connectivity index (χ1) is 10.6. The van der Waals surface area contributed by atoms with Crippen LogP contribution in [0.3, 0.4) is 0 Å². The number of ether oxygens (including phenoxy) is 1. The minimum atomic E-state index is -0.0845. The van der Waals surface area contributed by atoms with E-state index in [1.807, 2.05) is 37.3 Å². The summed E-state index contributed by atoms with van der Waals surface area (Å²) in [6.45, 7) is 3.71. The van der Waals surface area contributed by atoms with E-state index in [1.54, 1.807) is 11.0 Å². The Hall–Kier alpha value is -1.43. The van der Waals surface area contributed by atoms with E-state index in [4.69, 9.17) is 20.8 Å². The van der Waals surface area contributed by atoms with Gasteiger partial charge in [0.15, 0.2) is 10.9 Å². The van der Waals surface area contributed by atoms with Gasteiger partial charge < -0.3 is 14.1 Å². The zero-order valence-corrected chi connectivity index (χ0v) is 13.7. The normalized spacial score (nSPS) is 18.5. The van der Waals surface area contributed by atoms with Crippen molar-refractivity contribution >= 4 is 29.3 Å². The molecule has 1 saturated heterocycles. The maximum Gasteiger partial charge on any atom is 0.290 e. The van der Waals surface area contributed by atoms with Crippen LogP contribution < -0.4 is 0 Å². The minimum Gasteiger partial charge on any atom is -0.444 e. The molecular weight excluding hydrogens is 322 g/mol. The average Bonchev–Trinajstić information content (AvgIpc) is 2.98. The standard InChI is InChI=1S/C16H16ClNO3S/c1-11-10-20-9-8-18(11)16(19)14-6-7-15(21-14)22-13-4-2-12(17)3-5-13/h2-7,11H,8-10H2,1H3/t11-/m0/s1. The number of benzene rings is 1. The monoisotopic (exact) mass is 337 g/mol. The highest BCUT2D eigenvalue weighted by molar-refractivity contribution is 7.99. The van der Waals surface area contributed by atoms with Gasteiger partial charge in [0.2, 0.25) is 0 Å². The molecule has 1 amide bonds. The average molecular weight is 338 g/mol. The molecule has 2 heterocycles. The van der Waals surface area contributed by atoms with Gasteiger partial charge in [-0.1, -0.05) is 23.4 Å². The van der Waals surface area contributed by atoms with E-state index >= 15 is 0 Å². The Morgan fingerprint density at radius 1 is 1.27 bits per heavy atom. The number of carbonyl (C=O) groups excluding carboxylic acids is 1. The smallest absolute Gasteiger partial charge is 0.290 e. The van der Waals surface area contributed by atoms with Gasteiger partial charge in [0.25, 0.3) is 5.91 Å². The maximum absolute atomic E-state index is 12.5. The van der Waals surface area contributed by atoms with Crippen LogP contribution in [0.2, 0.25) is 5.02 Å². The largest absolute Gasteiger partial charge is 0.444 e. The molecule has 116 valence electrons. The zero-order valence-electron chi connectivity index (χ0n) is 12.1. The second kappa shape index (κ2) is 6.77. The second-order valence-corrected chi connectivity index (χ2v) is 6.61. The highest BCUT2D eigenvalue weighted by atomic mass is 35.5. The van der Waals surface area contributed by atoms with Crippen molar-refractivity contribution in [3.8, 4) is 0 Å². The van der Waals surface area contributed by atoms with Crippen molar-refractivity contribution in [2.24, 2.45) is 0 Å². The summed E-state index contributed by atoms with van der Waals surface area (Å²) < 4.78 is 11.0. The Morgan fingerprint density at radius 2 is 2.05 bits per heavy atom. The summed E-state index contributed by atoms with van der Waals surface area (Å²) in [6, 6.07) is 11.1. The molecule has 22 heavy (non-hydrogen) atoms. The van der Waals surface area contributed by atoms with Crippen LogP contribution in [0, 0.1) is 0 Å². The topological polar surface area (TPSA) is 42.7 Å². The first-order valence-electron chi connectivity index (χ1n) is 7.05. The van der Waals surface area contributed by atoms with Gasteiger partial charge in [0.05, 0.1) is 19.3 Å². The molecule has 0 aliphatic carbocycles. The third-order valence-electron chi connectivity index (χ3n) is 3.45. The second-order valence-electron chi connectivity index (χ2n) is 5.10. The lowest BCUT2D eigenvalue weighted by Crippen LogP contribution is -2.47. The van der Waals surface area contributed by atoms with E-state index in [0.29, 0.717) is 35.6 Å². The predicted molar refractivity (Wildman–Crippen MR) is 85.6 cm³/mol. The summed E-state index contributed by atoms with van der Waals surface area (Å²) in [6.07, 6.45) is 0. The number of morpholine rings is 1. The summed E-state index contributed by atoms with van der Waals surface area (Å²) in [5.41, 5.74) is 0. The van der Waals surface area contributed by atoms with Crippen molar-refractivity contribution in [3.05, 3.63) is 47.2 Å². The molecule has 3 rings (SSSR count). The highest BCUT2D eigenvalue weighted by Gasteiger charge is 2.26. The molecule has 0 spiro atoms. The van der Waals surface area contributed by atoms with Crippen molar-refractivity contribution in [3.63, 3.8) is 0 Å². The molecule has 6 heteroatoms. The molecule has 1 fully saturated rings. The molecule has 1 atom stereocenters. The van der Waals surface area contributed by atoms with E-state index in [9.17, 15) is 4.79 Å². The molecular formula is C16H16ClNO3S. The summed E-state index contributed by atoms with van der Waals surface area (Å²) in [5, 5.41) is 1.38. The Labute approximate surface area is 138 Å². The third-order valence-corrected chi connectivity index (χ3v) is 4.63. The van der Waals surface area contributed by atoms with Crippen molar-refractivity contribution in [2.45, 2.75) is 23.0 Å². The lowest BCUT2D eigenvalue weighted by atomic mass is 10.2. The van der Waals surface area contributed by atoms with Gasteiger partial charge in [-0.3, -0.25) is 4.79 Å². The van der Waals surface area contributed by atoms with E-state index in [2.05, 4.69) is 0 Å². The Balaban J connectivity index is 1.70. The Kier molecular flexibility index (Phi) is 4.76. The lowest BCUT2D eigenvalue weighted by Gasteiger charge is -2.32. The zero-order chi connectivity index (χ0) is 15.5. The molecule has 1 aliphatic heterocycles. The molecule has 1 aromatic heterocycles. The molecule has 0 unspecified atom stereocenters. The summed E-state index contributed by atoms with van der Waals surface area (Å²) in [5.74, 6) is 0.281. The molecule has 0 saturated carbocycles. The molecule has 0 radical (unpaired) electrons.